The predicted molar refractivity (Wildman–Crippen MR) is 100 cm³/mol. The lowest BCUT2D eigenvalue weighted by atomic mass is 9.61. The number of piperazine rings is 1. The Kier molecular flexibility index (Phi) is 6.46. The van der Waals surface area contributed by atoms with Gasteiger partial charge in [0.05, 0.1) is 5.70 Å². The molecule has 1 aliphatic heterocycles. The van der Waals surface area contributed by atoms with Gasteiger partial charge >= 0.3 is 0 Å². The van der Waals surface area contributed by atoms with Gasteiger partial charge in [0.1, 0.15) is 0 Å². The average molecular weight is 318 g/mol. The molecule has 0 aromatic rings. The van der Waals surface area contributed by atoms with Gasteiger partial charge in [-0.2, -0.15) is 0 Å². The molecule has 0 radical (unpaired) electrons. The van der Waals surface area contributed by atoms with E-state index < -0.39 is 0 Å². The molecular weight excluding hydrogens is 282 g/mol. The van der Waals surface area contributed by atoms with Crippen molar-refractivity contribution in [1.82, 2.24) is 9.80 Å². The number of hydrogen-bond acceptors (Lipinski definition) is 3. The number of nitrogens with zero attached hydrogens (tertiary/aromatic N) is 2. The number of hydrogen-bond donors (Lipinski definition) is 1. The van der Waals surface area contributed by atoms with Gasteiger partial charge < -0.3 is 10.3 Å². The van der Waals surface area contributed by atoms with Crippen LogP contribution < -0.4 is 0 Å². The lowest BCUT2D eigenvalue weighted by Gasteiger charge is -2.52. The summed E-state index contributed by atoms with van der Waals surface area (Å²) < 4.78 is 0. The van der Waals surface area contributed by atoms with E-state index in [1.54, 1.807) is 0 Å². The van der Waals surface area contributed by atoms with Crippen LogP contribution in [0.1, 0.15) is 53.4 Å². The largest absolute Gasteiger partial charge is 0.368 e. The molecule has 0 spiro atoms. The highest BCUT2D eigenvalue weighted by molar-refractivity contribution is 5.75. The van der Waals surface area contributed by atoms with Gasteiger partial charge in [0.15, 0.2) is 0 Å². The minimum atomic E-state index is 0.556. The van der Waals surface area contributed by atoms with E-state index in [1.807, 2.05) is 19.1 Å². The predicted octanol–water partition coefficient (Wildman–Crippen LogP) is 4.32. The molecule has 2 rings (SSSR count). The van der Waals surface area contributed by atoms with Crippen molar-refractivity contribution in [2.45, 2.75) is 59.4 Å². The molecule has 0 atom stereocenters. The molecule has 3 nitrogen and oxygen atoms in total. The van der Waals surface area contributed by atoms with Crippen LogP contribution in [0, 0.1) is 16.7 Å². The molecule has 1 heterocycles. The summed E-state index contributed by atoms with van der Waals surface area (Å²) in [7, 11) is 0. The van der Waals surface area contributed by atoms with Gasteiger partial charge in [-0.25, -0.2) is 0 Å². The van der Waals surface area contributed by atoms with Crippen molar-refractivity contribution in [3.63, 3.8) is 0 Å². The van der Waals surface area contributed by atoms with E-state index in [-0.39, 0.29) is 0 Å². The minimum absolute atomic E-state index is 0.556. The highest BCUT2D eigenvalue weighted by Crippen LogP contribution is 2.48. The van der Waals surface area contributed by atoms with Crippen LogP contribution in [-0.4, -0.2) is 48.2 Å². The van der Waals surface area contributed by atoms with Crippen molar-refractivity contribution < 1.29 is 0 Å². The third-order valence-corrected chi connectivity index (χ3v) is 6.52. The molecule has 0 unspecified atom stereocenters. The monoisotopic (exact) mass is 317 g/mol. The van der Waals surface area contributed by atoms with E-state index in [0.29, 0.717) is 5.41 Å². The highest BCUT2D eigenvalue weighted by atomic mass is 15.3. The zero-order chi connectivity index (χ0) is 16.9. The first-order valence-corrected chi connectivity index (χ1v) is 9.40. The van der Waals surface area contributed by atoms with Crippen molar-refractivity contribution in [2.24, 2.45) is 11.3 Å². The summed E-state index contributed by atoms with van der Waals surface area (Å²) in [6.45, 7) is 13.6. The molecule has 130 valence electrons. The minimum Gasteiger partial charge on any atom is -0.368 e. The summed E-state index contributed by atoms with van der Waals surface area (Å²) >= 11 is 0. The third kappa shape index (κ3) is 4.06. The molecule has 0 aromatic heterocycles. The van der Waals surface area contributed by atoms with Crippen LogP contribution >= 0.6 is 0 Å². The Morgan fingerprint density at radius 1 is 1.13 bits per heavy atom. The van der Waals surface area contributed by atoms with Crippen molar-refractivity contribution in [3.05, 3.63) is 23.9 Å². The van der Waals surface area contributed by atoms with Crippen molar-refractivity contribution >= 4 is 6.21 Å². The number of rotatable bonds is 7. The molecule has 0 amide bonds. The Morgan fingerprint density at radius 3 is 2.22 bits per heavy atom. The van der Waals surface area contributed by atoms with Crippen molar-refractivity contribution in [2.75, 3.05) is 26.2 Å². The maximum atomic E-state index is 7.61. The smallest absolute Gasteiger partial charge is 0.0545 e. The lowest BCUT2D eigenvalue weighted by molar-refractivity contribution is -0.0143. The topological polar surface area (TPSA) is 30.3 Å². The van der Waals surface area contributed by atoms with E-state index in [9.17, 15) is 0 Å². The fourth-order valence-corrected chi connectivity index (χ4v) is 4.07. The van der Waals surface area contributed by atoms with E-state index in [0.717, 1.165) is 43.8 Å². The molecule has 1 aliphatic carbocycles. The van der Waals surface area contributed by atoms with Gasteiger partial charge in [0.2, 0.25) is 0 Å². The van der Waals surface area contributed by atoms with Gasteiger partial charge in [-0.05, 0) is 37.2 Å². The molecule has 3 heteroatoms. The second-order valence-corrected chi connectivity index (χ2v) is 7.47. The molecule has 2 aliphatic rings. The van der Waals surface area contributed by atoms with Gasteiger partial charge in [-0.15, -0.1) is 0 Å². The molecule has 0 bridgehead atoms. The summed E-state index contributed by atoms with van der Waals surface area (Å²) in [6, 6.07) is 0.808. The van der Waals surface area contributed by atoms with Crippen LogP contribution in [-0.2, 0) is 0 Å². The van der Waals surface area contributed by atoms with Gasteiger partial charge in [-0.3, -0.25) is 4.90 Å². The zero-order valence-corrected chi connectivity index (χ0v) is 15.5. The first-order valence-electron chi connectivity index (χ1n) is 9.40. The summed E-state index contributed by atoms with van der Waals surface area (Å²) in [4.78, 5) is 5.04. The summed E-state index contributed by atoms with van der Waals surface area (Å²) in [6.07, 6.45) is 13.0. The van der Waals surface area contributed by atoms with Crippen LogP contribution in [0.5, 0.6) is 0 Å². The van der Waals surface area contributed by atoms with Crippen LogP contribution in [0.25, 0.3) is 0 Å². The van der Waals surface area contributed by atoms with E-state index >= 15 is 0 Å². The van der Waals surface area contributed by atoms with Crippen LogP contribution in [0.3, 0.4) is 0 Å². The normalized spacial score (nSPS) is 27.3. The van der Waals surface area contributed by atoms with E-state index in [1.165, 1.54) is 31.9 Å². The third-order valence-electron chi connectivity index (χ3n) is 6.52. The Labute approximate surface area is 142 Å². The highest BCUT2D eigenvalue weighted by Gasteiger charge is 2.43. The molecule has 2 fully saturated rings. The molecular formula is C20H35N3. The standard InChI is InChI=1S/C20H35N3/c1-5-8-9-18(16-21)22-10-12-23(13-11-22)19-14-17(15-19)20(4,6-2)7-3/h5,8-9,16-17,19,21H,6-7,10-15H2,1-4H3/b8-5+,18-9+,21-16?. The quantitative estimate of drug-likeness (QED) is 0.560. The summed E-state index contributed by atoms with van der Waals surface area (Å²) in [5.74, 6) is 0.923. The zero-order valence-electron chi connectivity index (χ0n) is 15.5. The molecule has 0 aromatic carbocycles. The Hall–Kier alpha value is -1.09. The Balaban J connectivity index is 1.81. The average Bonchev–Trinajstić information content (AvgIpc) is 2.55. The SMILES string of the molecule is C/C=C/C=C(\C=N)N1CCN(C2CC(C(C)(CC)CC)C2)CC1. The second-order valence-electron chi connectivity index (χ2n) is 7.47. The van der Waals surface area contributed by atoms with E-state index in [4.69, 9.17) is 5.41 Å². The van der Waals surface area contributed by atoms with E-state index in [2.05, 4.69) is 36.6 Å². The fourth-order valence-electron chi connectivity index (χ4n) is 4.07. The van der Waals surface area contributed by atoms with Crippen LogP contribution in [0.2, 0.25) is 0 Å². The molecule has 1 saturated carbocycles. The summed E-state index contributed by atoms with van der Waals surface area (Å²) in [5.41, 5.74) is 1.60. The van der Waals surface area contributed by atoms with Crippen molar-refractivity contribution in [3.8, 4) is 0 Å². The van der Waals surface area contributed by atoms with Gasteiger partial charge in [0.25, 0.3) is 0 Å². The molecule has 1 N–H and O–H groups in total. The van der Waals surface area contributed by atoms with Gasteiger partial charge in [-0.1, -0.05) is 45.8 Å². The summed E-state index contributed by atoms with van der Waals surface area (Å²) in [5, 5.41) is 7.61. The van der Waals surface area contributed by atoms with Crippen LogP contribution in [0.4, 0.5) is 0 Å². The maximum absolute atomic E-state index is 7.61. The first-order chi connectivity index (χ1) is 11.1. The number of nitrogens with one attached hydrogen (secondary N) is 1. The fraction of sp³-hybridized carbons (Fsp3) is 0.750. The second kappa shape index (κ2) is 8.14. The Bertz CT molecular complexity index is 434. The van der Waals surface area contributed by atoms with Crippen LogP contribution in [0.15, 0.2) is 23.9 Å². The first kappa shape index (κ1) is 18.3. The Morgan fingerprint density at radius 2 is 1.74 bits per heavy atom. The van der Waals surface area contributed by atoms with Crippen molar-refractivity contribution in [1.29, 1.82) is 5.41 Å². The lowest BCUT2D eigenvalue weighted by Crippen LogP contribution is -2.55. The molecule has 23 heavy (non-hydrogen) atoms. The number of allylic oxidation sites excluding steroid dienone is 4. The molecule has 1 saturated heterocycles. The maximum Gasteiger partial charge on any atom is 0.0545 e. The van der Waals surface area contributed by atoms with Gasteiger partial charge in [0, 0.05) is 38.4 Å².